The molecule has 11 heavy (non-hydrogen) atoms. The maximum absolute atomic E-state index is 10.7. The first-order valence-electron chi connectivity index (χ1n) is 3.68. The lowest BCUT2D eigenvalue weighted by Crippen LogP contribution is -2.43. The summed E-state index contributed by atoms with van der Waals surface area (Å²) in [6.45, 7) is 0.636. The lowest BCUT2D eigenvalue weighted by atomic mass is 10.1. The van der Waals surface area contributed by atoms with Crippen molar-refractivity contribution in [2.45, 2.75) is 25.3 Å². The zero-order valence-corrected chi connectivity index (χ0v) is 6.55. The van der Waals surface area contributed by atoms with Gasteiger partial charge in [0.05, 0.1) is 6.04 Å². The Morgan fingerprint density at radius 1 is 1.45 bits per heavy atom. The Labute approximate surface area is 66.3 Å². The predicted octanol–water partition coefficient (Wildman–Crippen LogP) is -1.57. The Balaban J connectivity index is 3.36. The average Bonchev–Trinajstić information content (AvgIpc) is 2.03. The molecule has 0 saturated carbocycles. The molecular formula is C6H16N4O. The van der Waals surface area contributed by atoms with Crippen LogP contribution in [-0.4, -0.2) is 18.5 Å². The number of rotatable bonds is 5. The molecule has 0 aromatic rings. The molecule has 1 unspecified atom stereocenters. The number of hydrogen-bond acceptors (Lipinski definition) is 4. The second-order valence-electron chi connectivity index (χ2n) is 2.40. The Morgan fingerprint density at radius 3 is 2.55 bits per heavy atom. The van der Waals surface area contributed by atoms with Gasteiger partial charge in [-0.3, -0.25) is 10.2 Å². The molecule has 7 N–H and O–H groups in total. The van der Waals surface area contributed by atoms with Crippen molar-refractivity contribution in [3.05, 3.63) is 0 Å². The molecule has 0 rings (SSSR count). The van der Waals surface area contributed by atoms with Gasteiger partial charge in [-0.25, -0.2) is 5.84 Å². The van der Waals surface area contributed by atoms with Gasteiger partial charge in [0.1, 0.15) is 0 Å². The minimum atomic E-state index is -0.494. The molecule has 0 aliphatic heterocycles. The van der Waals surface area contributed by atoms with Crippen LogP contribution in [0, 0.1) is 0 Å². The highest BCUT2D eigenvalue weighted by Crippen LogP contribution is 1.96. The largest absolute Gasteiger partial charge is 0.330 e. The highest BCUT2D eigenvalue weighted by atomic mass is 16.2. The molecule has 0 aliphatic rings. The van der Waals surface area contributed by atoms with E-state index in [2.05, 4.69) is 0 Å². The van der Waals surface area contributed by atoms with Gasteiger partial charge in [0, 0.05) is 0 Å². The third-order valence-electron chi connectivity index (χ3n) is 1.45. The minimum absolute atomic E-state index is 0.318. The summed E-state index contributed by atoms with van der Waals surface area (Å²) in [5.41, 5.74) is 12.7. The van der Waals surface area contributed by atoms with E-state index in [4.69, 9.17) is 17.3 Å². The average molecular weight is 160 g/mol. The number of hydrogen-bond donors (Lipinski definition) is 4. The molecule has 1 atom stereocenters. The quantitative estimate of drug-likeness (QED) is 0.169. The Morgan fingerprint density at radius 2 is 2.09 bits per heavy atom. The summed E-state index contributed by atoms with van der Waals surface area (Å²) >= 11 is 0. The maximum Gasteiger partial charge on any atom is 0.250 e. The Bertz CT molecular complexity index is 117. The summed E-state index contributed by atoms with van der Waals surface area (Å²) in [4.78, 5) is 10.7. The monoisotopic (exact) mass is 160 g/mol. The molecule has 0 aromatic carbocycles. The van der Waals surface area contributed by atoms with E-state index in [0.29, 0.717) is 13.0 Å². The van der Waals surface area contributed by atoms with Gasteiger partial charge >= 0.3 is 0 Å². The molecular weight excluding hydrogens is 144 g/mol. The fraction of sp³-hybridized carbons (Fsp3) is 0.833. The molecule has 66 valence electrons. The summed E-state index contributed by atoms with van der Waals surface area (Å²) in [6.07, 6.45) is 2.40. The number of nitrogens with one attached hydrogen (secondary N) is 1. The lowest BCUT2D eigenvalue weighted by Gasteiger charge is -2.07. The van der Waals surface area contributed by atoms with Crippen molar-refractivity contribution in [1.29, 1.82) is 0 Å². The van der Waals surface area contributed by atoms with Crippen LogP contribution in [0.3, 0.4) is 0 Å². The van der Waals surface area contributed by atoms with Crippen LogP contribution in [0.25, 0.3) is 0 Å². The molecule has 5 nitrogen and oxygen atoms in total. The first-order valence-corrected chi connectivity index (χ1v) is 3.68. The van der Waals surface area contributed by atoms with Gasteiger partial charge in [-0.2, -0.15) is 0 Å². The molecule has 0 radical (unpaired) electrons. The van der Waals surface area contributed by atoms with E-state index in [1.54, 1.807) is 0 Å². The van der Waals surface area contributed by atoms with E-state index in [9.17, 15) is 4.79 Å². The van der Waals surface area contributed by atoms with Gasteiger partial charge in [-0.15, -0.1) is 0 Å². The van der Waals surface area contributed by atoms with Crippen LogP contribution in [-0.2, 0) is 4.79 Å². The van der Waals surface area contributed by atoms with Crippen LogP contribution in [0.1, 0.15) is 19.3 Å². The fourth-order valence-electron chi connectivity index (χ4n) is 0.747. The van der Waals surface area contributed by atoms with Crippen LogP contribution >= 0.6 is 0 Å². The Kier molecular flexibility index (Phi) is 5.73. The van der Waals surface area contributed by atoms with Gasteiger partial charge in [0.2, 0.25) is 0 Å². The molecule has 0 fully saturated rings. The van der Waals surface area contributed by atoms with Gasteiger partial charge in [0.25, 0.3) is 5.91 Å². The first-order chi connectivity index (χ1) is 5.22. The van der Waals surface area contributed by atoms with E-state index in [-0.39, 0.29) is 5.91 Å². The zero-order chi connectivity index (χ0) is 8.69. The summed E-state index contributed by atoms with van der Waals surface area (Å²) in [6, 6.07) is -0.494. The summed E-state index contributed by atoms with van der Waals surface area (Å²) in [5, 5.41) is 0. The molecule has 0 aromatic heterocycles. The molecule has 0 heterocycles. The van der Waals surface area contributed by atoms with Crippen molar-refractivity contribution < 1.29 is 4.79 Å². The summed E-state index contributed by atoms with van der Waals surface area (Å²) in [5.74, 6) is 4.56. The second kappa shape index (κ2) is 6.09. The van der Waals surface area contributed by atoms with E-state index >= 15 is 0 Å². The molecule has 1 amide bonds. The van der Waals surface area contributed by atoms with Crippen molar-refractivity contribution in [3.63, 3.8) is 0 Å². The number of unbranched alkanes of at least 4 members (excludes halogenated alkanes) is 1. The van der Waals surface area contributed by atoms with Crippen LogP contribution in [0.5, 0.6) is 0 Å². The van der Waals surface area contributed by atoms with E-state index in [1.165, 1.54) is 0 Å². The molecule has 0 bridgehead atoms. The number of amides is 1. The summed E-state index contributed by atoms with van der Waals surface area (Å²) < 4.78 is 0. The van der Waals surface area contributed by atoms with Crippen LogP contribution in [0.4, 0.5) is 0 Å². The SMILES string of the molecule is NCCCCC(N)C(=O)NN. The highest BCUT2D eigenvalue weighted by Gasteiger charge is 2.09. The van der Waals surface area contributed by atoms with Gasteiger partial charge < -0.3 is 11.5 Å². The van der Waals surface area contributed by atoms with E-state index < -0.39 is 6.04 Å². The van der Waals surface area contributed by atoms with Crippen LogP contribution in [0.15, 0.2) is 0 Å². The normalized spacial score (nSPS) is 12.6. The number of hydrazine groups is 1. The molecule has 5 heteroatoms. The topological polar surface area (TPSA) is 107 Å². The van der Waals surface area contributed by atoms with Gasteiger partial charge in [-0.1, -0.05) is 6.42 Å². The summed E-state index contributed by atoms with van der Waals surface area (Å²) in [7, 11) is 0. The highest BCUT2D eigenvalue weighted by molar-refractivity contribution is 5.80. The minimum Gasteiger partial charge on any atom is -0.330 e. The standard InChI is InChI=1S/C6H16N4O/c7-4-2-1-3-5(8)6(11)10-9/h5H,1-4,7-9H2,(H,10,11). The second-order valence-corrected chi connectivity index (χ2v) is 2.40. The zero-order valence-electron chi connectivity index (χ0n) is 6.55. The van der Waals surface area contributed by atoms with Crippen molar-refractivity contribution in [1.82, 2.24) is 5.43 Å². The Hall–Kier alpha value is -0.650. The number of nitrogens with two attached hydrogens (primary N) is 3. The van der Waals surface area contributed by atoms with Crippen molar-refractivity contribution in [2.24, 2.45) is 17.3 Å². The molecule has 0 saturated heterocycles. The molecule has 0 aliphatic carbocycles. The van der Waals surface area contributed by atoms with E-state index in [0.717, 1.165) is 12.8 Å². The van der Waals surface area contributed by atoms with E-state index in [1.807, 2.05) is 5.43 Å². The lowest BCUT2D eigenvalue weighted by molar-refractivity contribution is -0.122. The fourth-order valence-corrected chi connectivity index (χ4v) is 0.747. The third-order valence-corrected chi connectivity index (χ3v) is 1.45. The third kappa shape index (κ3) is 4.72. The maximum atomic E-state index is 10.7. The van der Waals surface area contributed by atoms with Crippen LogP contribution in [0.2, 0.25) is 0 Å². The van der Waals surface area contributed by atoms with Crippen molar-refractivity contribution in [3.8, 4) is 0 Å². The van der Waals surface area contributed by atoms with Crippen molar-refractivity contribution >= 4 is 5.91 Å². The number of carbonyl (C=O) groups is 1. The number of carbonyl (C=O) groups excluding carboxylic acids is 1. The smallest absolute Gasteiger partial charge is 0.250 e. The first kappa shape index (κ1) is 10.3. The van der Waals surface area contributed by atoms with Gasteiger partial charge in [-0.05, 0) is 19.4 Å². The van der Waals surface area contributed by atoms with Crippen LogP contribution < -0.4 is 22.7 Å². The van der Waals surface area contributed by atoms with Crippen molar-refractivity contribution in [2.75, 3.05) is 6.54 Å². The predicted molar refractivity (Wildman–Crippen MR) is 43.2 cm³/mol. The van der Waals surface area contributed by atoms with Gasteiger partial charge in [0.15, 0.2) is 0 Å². The molecule has 0 spiro atoms.